The number of hydrogen-bond donors (Lipinski definition) is 2. The molecule has 0 fully saturated rings. The Kier molecular flexibility index (Phi) is 10.3. The molecule has 0 aliphatic heterocycles. The van der Waals surface area contributed by atoms with Gasteiger partial charge in [-0.3, -0.25) is 10.1 Å². The van der Waals surface area contributed by atoms with Crippen molar-refractivity contribution in [1.82, 2.24) is 15.1 Å². The predicted octanol–water partition coefficient (Wildman–Crippen LogP) is 4.53. The third-order valence-electron chi connectivity index (χ3n) is 3.97. The van der Waals surface area contributed by atoms with Crippen LogP contribution in [0, 0.1) is 0 Å². The zero-order valence-corrected chi connectivity index (χ0v) is 15.6. The highest BCUT2D eigenvalue weighted by Gasteiger charge is 2.12. The van der Waals surface area contributed by atoms with Gasteiger partial charge in [0.25, 0.3) is 0 Å². The Morgan fingerprint density at radius 2 is 1.80 bits per heavy atom. The van der Waals surface area contributed by atoms with Crippen LogP contribution in [0.15, 0.2) is 18.7 Å². The zero-order valence-electron chi connectivity index (χ0n) is 15.6. The molecule has 2 amide bonds. The molecule has 0 unspecified atom stereocenters. The lowest BCUT2D eigenvalue weighted by Crippen LogP contribution is -2.31. The molecule has 6 heteroatoms. The molecule has 1 rings (SSSR count). The number of allylic oxidation sites excluding steroid dienone is 1. The fourth-order valence-corrected chi connectivity index (χ4v) is 2.63. The summed E-state index contributed by atoms with van der Waals surface area (Å²) >= 11 is 0. The summed E-state index contributed by atoms with van der Waals surface area (Å²) < 4.78 is 1.20. The largest absolute Gasteiger partial charge is 0.338 e. The van der Waals surface area contributed by atoms with Gasteiger partial charge in [-0.1, -0.05) is 57.9 Å². The van der Waals surface area contributed by atoms with Crippen LogP contribution in [0.2, 0.25) is 0 Å². The van der Waals surface area contributed by atoms with Crippen LogP contribution < -0.4 is 10.6 Å². The van der Waals surface area contributed by atoms with E-state index >= 15 is 0 Å². The summed E-state index contributed by atoms with van der Waals surface area (Å²) in [7, 11) is 0. The molecule has 0 bridgehead atoms. The monoisotopic (exact) mass is 348 g/mol. The lowest BCUT2D eigenvalue weighted by Gasteiger charge is -2.08. The second-order valence-electron chi connectivity index (χ2n) is 6.30. The van der Waals surface area contributed by atoms with Gasteiger partial charge in [0.2, 0.25) is 5.91 Å². The average molecular weight is 348 g/mol. The molecule has 0 saturated carbocycles. The second kappa shape index (κ2) is 12.3. The number of hydrogen-bond acceptors (Lipinski definition) is 3. The molecule has 6 nitrogen and oxygen atoms in total. The Labute approximate surface area is 151 Å². The number of nitrogens with one attached hydrogen (secondary N) is 2. The molecule has 1 heterocycles. The smallest absolute Gasteiger partial charge is 0.320 e. The minimum atomic E-state index is -0.310. The van der Waals surface area contributed by atoms with E-state index in [0.717, 1.165) is 12.8 Å². The van der Waals surface area contributed by atoms with E-state index in [0.29, 0.717) is 24.5 Å². The van der Waals surface area contributed by atoms with E-state index in [2.05, 4.69) is 29.2 Å². The number of anilines is 1. The number of carbonyl (C=O) groups excluding carboxylic acids is 2. The van der Waals surface area contributed by atoms with E-state index in [1.54, 1.807) is 12.1 Å². The highest BCUT2D eigenvalue weighted by Crippen LogP contribution is 2.12. The SMILES string of the molecule is C=CCc1cc(NC(=O)NCCCCCCCCCC)n(C(C)=O)n1. The van der Waals surface area contributed by atoms with Crippen LogP contribution in [0.1, 0.15) is 75.7 Å². The molecule has 0 radical (unpaired) electrons. The Morgan fingerprint density at radius 3 is 2.40 bits per heavy atom. The highest BCUT2D eigenvalue weighted by molar-refractivity contribution is 5.91. The molecule has 140 valence electrons. The Morgan fingerprint density at radius 1 is 1.16 bits per heavy atom. The molecule has 1 aromatic rings. The van der Waals surface area contributed by atoms with Crippen molar-refractivity contribution in [2.45, 2.75) is 71.6 Å². The average Bonchev–Trinajstić information content (AvgIpc) is 2.96. The minimum absolute atomic E-state index is 0.242. The maximum absolute atomic E-state index is 12.0. The van der Waals surface area contributed by atoms with Gasteiger partial charge in [-0.2, -0.15) is 9.78 Å². The fraction of sp³-hybridized carbons (Fsp3) is 0.632. The van der Waals surface area contributed by atoms with Gasteiger partial charge in [0.15, 0.2) is 0 Å². The molecular weight excluding hydrogens is 316 g/mol. The molecule has 0 aliphatic rings. The van der Waals surface area contributed by atoms with E-state index in [-0.39, 0.29) is 11.9 Å². The van der Waals surface area contributed by atoms with Crippen molar-refractivity contribution in [2.75, 3.05) is 11.9 Å². The number of urea groups is 1. The lowest BCUT2D eigenvalue weighted by molar-refractivity contribution is 0.0923. The normalized spacial score (nSPS) is 10.5. The van der Waals surface area contributed by atoms with Gasteiger partial charge in [-0.25, -0.2) is 4.79 Å². The molecule has 0 aromatic carbocycles. The van der Waals surface area contributed by atoms with Gasteiger partial charge in [-0.05, 0) is 6.42 Å². The van der Waals surface area contributed by atoms with Crippen molar-refractivity contribution in [3.05, 3.63) is 24.4 Å². The first kappa shape index (κ1) is 20.9. The van der Waals surface area contributed by atoms with Crippen molar-refractivity contribution in [3.63, 3.8) is 0 Å². The number of nitrogens with zero attached hydrogens (tertiary/aromatic N) is 2. The molecule has 0 aliphatic carbocycles. The van der Waals surface area contributed by atoms with Crippen LogP contribution in [0.3, 0.4) is 0 Å². The number of carbonyl (C=O) groups is 2. The third-order valence-corrected chi connectivity index (χ3v) is 3.97. The summed E-state index contributed by atoms with van der Waals surface area (Å²) in [4.78, 5) is 23.6. The first-order valence-electron chi connectivity index (χ1n) is 9.34. The van der Waals surface area contributed by atoms with E-state index in [1.807, 2.05) is 0 Å². The first-order valence-corrected chi connectivity index (χ1v) is 9.34. The Hall–Kier alpha value is -2.11. The van der Waals surface area contributed by atoms with Crippen molar-refractivity contribution in [3.8, 4) is 0 Å². The molecular formula is C19H32N4O2. The van der Waals surface area contributed by atoms with Gasteiger partial charge in [-0.15, -0.1) is 6.58 Å². The minimum Gasteiger partial charge on any atom is -0.338 e. The van der Waals surface area contributed by atoms with Crippen LogP contribution >= 0.6 is 0 Å². The van der Waals surface area contributed by atoms with Crippen LogP contribution in [-0.2, 0) is 6.42 Å². The second-order valence-corrected chi connectivity index (χ2v) is 6.30. The summed E-state index contributed by atoms with van der Waals surface area (Å²) in [5, 5.41) is 9.68. The van der Waals surface area contributed by atoms with Gasteiger partial charge in [0.1, 0.15) is 5.82 Å². The Bertz CT molecular complexity index is 552. The van der Waals surface area contributed by atoms with E-state index < -0.39 is 0 Å². The van der Waals surface area contributed by atoms with Crippen molar-refractivity contribution in [2.24, 2.45) is 0 Å². The van der Waals surface area contributed by atoms with Crippen molar-refractivity contribution in [1.29, 1.82) is 0 Å². The van der Waals surface area contributed by atoms with Gasteiger partial charge in [0.05, 0.1) is 5.69 Å². The number of rotatable bonds is 12. The summed E-state index contributed by atoms with van der Waals surface area (Å²) in [5.41, 5.74) is 0.698. The Balaban J connectivity index is 2.26. The topological polar surface area (TPSA) is 76.0 Å². The fourth-order valence-electron chi connectivity index (χ4n) is 2.63. The lowest BCUT2D eigenvalue weighted by atomic mass is 10.1. The standard InChI is InChI=1S/C19H32N4O2/c1-4-6-7-8-9-10-11-12-14-20-19(25)21-18-15-17(13-5-2)22-23(18)16(3)24/h5,15H,2,4,6-14H2,1,3H3,(H2,20,21,25). The maximum atomic E-state index is 12.0. The number of amides is 2. The van der Waals surface area contributed by atoms with Crippen LogP contribution in [0.5, 0.6) is 0 Å². The van der Waals surface area contributed by atoms with Gasteiger partial charge < -0.3 is 5.32 Å². The molecule has 0 spiro atoms. The zero-order chi connectivity index (χ0) is 18.5. The van der Waals surface area contributed by atoms with Gasteiger partial charge in [0, 0.05) is 26.0 Å². The van der Waals surface area contributed by atoms with E-state index in [9.17, 15) is 9.59 Å². The van der Waals surface area contributed by atoms with Crippen LogP contribution in [0.25, 0.3) is 0 Å². The summed E-state index contributed by atoms with van der Waals surface area (Å²) in [6.45, 7) is 7.92. The number of unbranched alkanes of at least 4 members (excludes halogenated alkanes) is 7. The van der Waals surface area contributed by atoms with Crippen molar-refractivity contribution < 1.29 is 9.59 Å². The molecule has 25 heavy (non-hydrogen) atoms. The number of aromatic nitrogens is 2. The summed E-state index contributed by atoms with van der Waals surface area (Å²) in [6.07, 6.45) is 12.1. The molecule has 1 aromatic heterocycles. The molecule has 2 N–H and O–H groups in total. The quantitative estimate of drug-likeness (QED) is 0.430. The molecule has 0 atom stereocenters. The van der Waals surface area contributed by atoms with Crippen LogP contribution in [0.4, 0.5) is 10.6 Å². The summed E-state index contributed by atoms with van der Waals surface area (Å²) in [5.74, 6) is 0.145. The van der Waals surface area contributed by atoms with E-state index in [4.69, 9.17) is 0 Å². The molecule has 0 saturated heterocycles. The van der Waals surface area contributed by atoms with E-state index in [1.165, 1.54) is 50.1 Å². The summed E-state index contributed by atoms with van der Waals surface area (Å²) in [6, 6.07) is 1.38. The predicted molar refractivity (Wildman–Crippen MR) is 102 cm³/mol. The highest BCUT2D eigenvalue weighted by atomic mass is 16.2. The van der Waals surface area contributed by atoms with Crippen molar-refractivity contribution >= 4 is 17.8 Å². The van der Waals surface area contributed by atoms with Gasteiger partial charge >= 0.3 is 6.03 Å². The first-order chi connectivity index (χ1) is 12.1. The maximum Gasteiger partial charge on any atom is 0.320 e. The third kappa shape index (κ3) is 8.52. The van der Waals surface area contributed by atoms with Crippen LogP contribution in [-0.4, -0.2) is 28.3 Å².